The summed E-state index contributed by atoms with van der Waals surface area (Å²) < 4.78 is 28.6. The average Bonchev–Trinajstić information content (AvgIpc) is 4.01. The summed E-state index contributed by atoms with van der Waals surface area (Å²) in [5.41, 5.74) is 6.74. The molecule has 2 fully saturated rings. The highest BCUT2D eigenvalue weighted by Gasteiger charge is 2.44. The molecule has 4 heterocycles. The molecule has 3 atom stereocenters. The molecule has 2 aromatic heterocycles. The summed E-state index contributed by atoms with van der Waals surface area (Å²) >= 11 is 1.58. The first-order valence-electron chi connectivity index (χ1n) is 26.9. The molecular formula is C57H78N12O7S2. The van der Waals surface area contributed by atoms with Crippen molar-refractivity contribution in [1.82, 2.24) is 45.4 Å². The topological polar surface area (TPSA) is 243 Å². The molecule has 21 heteroatoms. The van der Waals surface area contributed by atoms with Crippen LogP contribution in [0.15, 0.2) is 89.4 Å². The summed E-state index contributed by atoms with van der Waals surface area (Å²) in [6.45, 7) is 19.2. The molecule has 7 N–H and O–H groups in total. The minimum atomic E-state index is -3.72. The maximum absolute atomic E-state index is 14.0. The lowest BCUT2D eigenvalue weighted by Crippen LogP contribution is -2.57. The number of hydrogen-bond acceptors (Lipinski definition) is 15. The summed E-state index contributed by atoms with van der Waals surface area (Å²) in [6, 6.07) is 20.8. The van der Waals surface area contributed by atoms with E-state index in [1.165, 1.54) is 4.90 Å². The number of carbonyl (C=O) groups excluding carboxylic acids is 4. The van der Waals surface area contributed by atoms with Crippen LogP contribution in [0, 0.1) is 19.3 Å². The van der Waals surface area contributed by atoms with E-state index in [4.69, 9.17) is 0 Å². The SMILES string of the molecule is Cc1cnc(Nc2ccc(N3CCN(CC(=O)NCCCCCCCC(=O)N[C@H](C(=O)N4C[C@H](O)C[C@H]4C(=O)NCc4ccc(-c5scnc5C)cc4)C(C)(C)C)CC3)cc2)nc1Nc1cccc(S(=O)(=O)NC(C)(C)C)c1. The lowest BCUT2D eigenvalue weighted by atomic mass is 9.85. The lowest BCUT2D eigenvalue weighted by molar-refractivity contribution is -0.144. The number of carbonyl (C=O) groups is 4. The summed E-state index contributed by atoms with van der Waals surface area (Å²) in [7, 11) is -3.72. The van der Waals surface area contributed by atoms with Gasteiger partial charge in [0.25, 0.3) is 0 Å². The van der Waals surface area contributed by atoms with Crippen LogP contribution in [0.25, 0.3) is 10.4 Å². The van der Waals surface area contributed by atoms with E-state index in [1.807, 2.05) is 88.7 Å². The molecule has 0 unspecified atom stereocenters. The number of rotatable bonds is 23. The smallest absolute Gasteiger partial charge is 0.246 e. The van der Waals surface area contributed by atoms with Gasteiger partial charge in [-0.05, 0) is 106 Å². The van der Waals surface area contributed by atoms with Crippen LogP contribution >= 0.6 is 11.3 Å². The van der Waals surface area contributed by atoms with Crippen molar-refractivity contribution in [2.45, 2.75) is 136 Å². The number of unbranched alkanes of at least 4 members (excludes halogenated alkanes) is 4. The van der Waals surface area contributed by atoms with Gasteiger partial charge in [-0.3, -0.25) is 24.1 Å². The maximum Gasteiger partial charge on any atom is 0.246 e. The highest BCUT2D eigenvalue weighted by atomic mass is 32.2. The van der Waals surface area contributed by atoms with E-state index in [1.54, 1.807) is 62.6 Å². The second-order valence-electron chi connectivity index (χ2n) is 22.5. The quantitative estimate of drug-likeness (QED) is 0.0321. The molecule has 5 aromatic rings. The van der Waals surface area contributed by atoms with Gasteiger partial charge in [0.2, 0.25) is 39.6 Å². The molecule has 3 aromatic carbocycles. The predicted octanol–water partition coefficient (Wildman–Crippen LogP) is 7.17. The van der Waals surface area contributed by atoms with E-state index in [2.05, 4.69) is 56.1 Å². The Bertz CT molecular complexity index is 2950. The van der Waals surface area contributed by atoms with Gasteiger partial charge in [0.15, 0.2) is 0 Å². The second kappa shape index (κ2) is 26.4. The third-order valence-electron chi connectivity index (χ3n) is 13.7. The number of nitrogens with zero attached hydrogens (tertiary/aromatic N) is 6. The van der Waals surface area contributed by atoms with Crippen LogP contribution in [0.5, 0.6) is 0 Å². The molecule has 2 aliphatic heterocycles. The van der Waals surface area contributed by atoms with Crippen molar-refractivity contribution in [2.24, 2.45) is 5.41 Å². The second-order valence-corrected chi connectivity index (χ2v) is 25.0. The fraction of sp³-hybridized carbons (Fsp3) is 0.491. The molecule has 2 aliphatic rings. The minimum Gasteiger partial charge on any atom is -0.391 e. The number of anilines is 5. The Morgan fingerprint density at radius 1 is 0.808 bits per heavy atom. The number of thiazole rings is 1. The number of sulfonamides is 1. The van der Waals surface area contributed by atoms with E-state index < -0.39 is 39.2 Å². The minimum absolute atomic E-state index is 0.00425. The van der Waals surface area contributed by atoms with E-state index in [0.717, 1.165) is 90.5 Å². The Kier molecular flexibility index (Phi) is 20.0. The number of nitrogens with one attached hydrogen (secondary N) is 6. The van der Waals surface area contributed by atoms with Crippen LogP contribution < -0.4 is 36.2 Å². The van der Waals surface area contributed by atoms with Crippen LogP contribution in [0.1, 0.15) is 103 Å². The van der Waals surface area contributed by atoms with Gasteiger partial charge in [-0.25, -0.2) is 23.1 Å². The van der Waals surface area contributed by atoms with Gasteiger partial charge in [0.1, 0.15) is 17.9 Å². The number of β-amino-alcohol motifs (C(OH)–C–C–N with tert-alkyl or cyclic N) is 1. The van der Waals surface area contributed by atoms with Crippen molar-refractivity contribution in [1.29, 1.82) is 0 Å². The molecule has 19 nitrogen and oxygen atoms in total. The van der Waals surface area contributed by atoms with Crippen molar-refractivity contribution >= 4 is 73.8 Å². The van der Waals surface area contributed by atoms with Crippen molar-refractivity contribution < 1.29 is 32.7 Å². The van der Waals surface area contributed by atoms with E-state index in [0.29, 0.717) is 37.0 Å². The maximum atomic E-state index is 14.0. The largest absolute Gasteiger partial charge is 0.391 e. The van der Waals surface area contributed by atoms with Gasteiger partial charge in [-0.1, -0.05) is 70.4 Å². The Labute approximate surface area is 463 Å². The number of aromatic nitrogens is 3. The molecule has 4 amide bonds. The molecule has 78 heavy (non-hydrogen) atoms. The summed E-state index contributed by atoms with van der Waals surface area (Å²) in [5.74, 6) is -0.0227. The molecule has 0 aliphatic carbocycles. The monoisotopic (exact) mass is 1110 g/mol. The van der Waals surface area contributed by atoms with E-state index in [-0.39, 0.29) is 54.5 Å². The first-order valence-corrected chi connectivity index (χ1v) is 29.3. The molecule has 0 saturated carbocycles. The third-order valence-corrected chi connectivity index (χ3v) is 16.4. The first-order chi connectivity index (χ1) is 37.0. The van der Waals surface area contributed by atoms with Gasteiger partial charge in [-0.15, -0.1) is 11.3 Å². The fourth-order valence-electron chi connectivity index (χ4n) is 9.46. The number of aliphatic hydroxyl groups is 1. The normalized spacial score (nSPS) is 16.6. The molecule has 420 valence electrons. The number of piperazine rings is 1. The summed E-state index contributed by atoms with van der Waals surface area (Å²) in [4.78, 5) is 74.2. The molecule has 0 bridgehead atoms. The summed E-state index contributed by atoms with van der Waals surface area (Å²) in [6.07, 6.45) is 5.37. The molecule has 2 saturated heterocycles. The van der Waals surface area contributed by atoms with Crippen molar-refractivity contribution in [3.63, 3.8) is 0 Å². The van der Waals surface area contributed by atoms with Crippen LogP contribution in [-0.2, 0) is 35.7 Å². The van der Waals surface area contributed by atoms with Gasteiger partial charge >= 0.3 is 0 Å². The van der Waals surface area contributed by atoms with Gasteiger partial charge in [0, 0.05) is 93.0 Å². The number of likely N-dealkylation sites (tertiary alicyclic amines) is 1. The lowest BCUT2D eigenvalue weighted by Gasteiger charge is -2.35. The van der Waals surface area contributed by atoms with E-state index >= 15 is 0 Å². The van der Waals surface area contributed by atoms with Gasteiger partial charge < -0.3 is 41.5 Å². The highest BCUT2D eigenvalue weighted by molar-refractivity contribution is 7.89. The highest BCUT2D eigenvalue weighted by Crippen LogP contribution is 2.30. The number of aliphatic hydroxyl groups excluding tert-OH is 1. The molecule has 0 radical (unpaired) electrons. The summed E-state index contributed by atoms with van der Waals surface area (Å²) in [5, 5.41) is 26.1. The number of amides is 4. The Morgan fingerprint density at radius 2 is 1.51 bits per heavy atom. The Balaban J connectivity index is 0.757. The van der Waals surface area contributed by atoms with Crippen molar-refractivity contribution in [3.8, 4) is 10.4 Å². The fourth-order valence-corrected chi connectivity index (χ4v) is 11.7. The van der Waals surface area contributed by atoms with Crippen molar-refractivity contribution in [2.75, 3.05) is 61.3 Å². The molecule has 0 spiro atoms. The Hall–Kier alpha value is -6.52. The first kappa shape index (κ1) is 59.1. The van der Waals surface area contributed by atoms with E-state index in [9.17, 15) is 32.7 Å². The Morgan fingerprint density at radius 3 is 2.19 bits per heavy atom. The van der Waals surface area contributed by atoms with Gasteiger partial charge in [-0.2, -0.15) is 4.98 Å². The van der Waals surface area contributed by atoms with Crippen molar-refractivity contribution in [3.05, 3.63) is 101 Å². The average molecular weight is 1110 g/mol. The van der Waals surface area contributed by atoms with Crippen LogP contribution in [0.3, 0.4) is 0 Å². The number of aryl methyl sites for hydroxylation is 2. The molecular weight excluding hydrogens is 1030 g/mol. The number of hydrogen-bond donors (Lipinski definition) is 7. The van der Waals surface area contributed by atoms with Gasteiger partial charge in [0.05, 0.1) is 33.6 Å². The third kappa shape index (κ3) is 17.0. The standard InChI is InChI=1S/C57H78N12O7S2/c1-38-33-60-55(65-52(38)62-43-15-14-16-46(31-43)78(75,76)66-57(6,7)8)63-42-22-24-44(25-23-42)68-29-27-67(28-30-68)36-49(72)58-26-13-11-9-10-12-17-48(71)64-51(56(3,4)5)54(74)69-35-45(70)32-47(69)53(73)59-34-40-18-20-41(21-19-40)50-39(2)61-37-77-50/h14-16,18-25,31,33,37,45,47,51,66,70H,9-13,17,26-30,32,34-36H2,1-8H3,(H,58,72)(H,59,73)(H,64,71)(H2,60,62,63,65)/t45-,47+,51-/m1/s1. The zero-order valence-corrected chi connectivity index (χ0v) is 48.0. The van der Waals surface area contributed by atoms with Crippen LogP contribution in [0.2, 0.25) is 0 Å². The zero-order chi connectivity index (χ0) is 56.2. The molecule has 7 rings (SSSR count). The zero-order valence-electron chi connectivity index (χ0n) is 46.3. The van der Waals surface area contributed by atoms with Crippen LogP contribution in [-0.4, -0.2) is 131 Å². The number of benzene rings is 3. The predicted molar refractivity (Wildman–Crippen MR) is 307 cm³/mol. The van der Waals surface area contributed by atoms with Crippen LogP contribution in [0.4, 0.5) is 28.8 Å².